The van der Waals surface area contributed by atoms with Gasteiger partial charge in [0.05, 0.1) is 17.5 Å². The van der Waals surface area contributed by atoms with Gasteiger partial charge in [-0.3, -0.25) is 15.1 Å². The molecule has 0 aliphatic heterocycles. The van der Waals surface area contributed by atoms with Crippen molar-refractivity contribution in [2.45, 2.75) is 82.0 Å². The number of carboxylic acids is 1. The molecule has 3 unspecified atom stereocenters. The average Bonchev–Trinajstić information content (AvgIpc) is 3.55. The van der Waals surface area contributed by atoms with Crippen molar-refractivity contribution >= 4 is 16.9 Å². The van der Waals surface area contributed by atoms with Crippen LogP contribution in [-0.4, -0.2) is 27.7 Å². The highest BCUT2D eigenvalue weighted by Gasteiger charge is 2.31. The third kappa shape index (κ3) is 7.48. The molecule has 0 saturated heterocycles. The van der Waals surface area contributed by atoms with Crippen LogP contribution < -0.4 is 5.32 Å². The summed E-state index contributed by atoms with van der Waals surface area (Å²) in [4.78, 5) is 15.4. The molecule has 1 aliphatic rings. The third-order valence-electron chi connectivity index (χ3n) is 8.87. The van der Waals surface area contributed by atoms with E-state index in [9.17, 15) is 23.1 Å². The summed E-state index contributed by atoms with van der Waals surface area (Å²) in [6.07, 6.45) is 2.90. The molecule has 1 aromatic heterocycles. The van der Waals surface area contributed by atoms with Crippen LogP contribution >= 0.6 is 0 Å². The molecule has 44 heavy (non-hydrogen) atoms. The number of aliphatic hydroxyl groups is 1. The van der Waals surface area contributed by atoms with Crippen LogP contribution in [0.15, 0.2) is 79.0 Å². The van der Waals surface area contributed by atoms with Gasteiger partial charge in [0.2, 0.25) is 0 Å². The molecule has 1 fully saturated rings. The molecule has 5 nitrogen and oxygen atoms in total. The van der Waals surface area contributed by atoms with Gasteiger partial charge in [-0.05, 0) is 77.1 Å². The van der Waals surface area contributed by atoms with Gasteiger partial charge in [-0.1, -0.05) is 80.8 Å². The number of nitrogens with zero attached hydrogens (tertiary/aromatic N) is 1. The molecule has 0 spiro atoms. The fourth-order valence-corrected chi connectivity index (χ4v) is 6.57. The van der Waals surface area contributed by atoms with Gasteiger partial charge in [-0.25, -0.2) is 0 Å². The summed E-state index contributed by atoms with van der Waals surface area (Å²) in [5.41, 5.74) is 4.71. The molecular formula is C36H39F3N2O3. The summed E-state index contributed by atoms with van der Waals surface area (Å²) < 4.78 is 40.1. The minimum absolute atomic E-state index is 0.0391. The first kappa shape index (κ1) is 31.7. The van der Waals surface area contributed by atoms with E-state index in [-0.39, 0.29) is 24.8 Å². The topological polar surface area (TPSA) is 82.5 Å². The first-order chi connectivity index (χ1) is 21.1. The number of alkyl halides is 3. The van der Waals surface area contributed by atoms with Crippen molar-refractivity contribution in [2.24, 2.45) is 0 Å². The molecule has 3 N–H and O–H groups in total. The lowest BCUT2D eigenvalue weighted by molar-refractivity contribution is -0.138. The SMILES string of the molecule is CCCC(c1ccc(C(O)NCCC(=O)O)cc1)C(c1ccc(C2CCCC2)cc1)c1cnc2cc(C(F)(F)F)ccc2c1. The van der Waals surface area contributed by atoms with Crippen LogP contribution in [0, 0.1) is 0 Å². The molecule has 0 amide bonds. The van der Waals surface area contributed by atoms with Gasteiger partial charge in [-0.15, -0.1) is 0 Å². The number of hydrogen-bond donors (Lipinski definition) is 3. The Balaban J connectivity index is 1.52. The summed E-state index contributed by atoms with van der Waals surface area (Å²) in [5, 5.41) is 22.9. The van der Waals surface area contributed by atoms with Crippen LogP contribution in [0.4, 0.5) is 13.2 Å². The van der Waals surface area contributed by atoms with Crippen LogP contribution in [0.1, 0.15) is 109 Å². The number of halogens is 3. The second-order valence-electron chi connectivity index (χ2n) is 11.9. The average molecular weight is 605 g/mol. The largest absolute Gasteiger partial charge is 0.481 e. The van der Waals surface area contributed by atoms with E-state index in [1.54, 1.807) is 6.20 Å². The van der Waals surface area contributed by atoms with Crippen LogP contribution in [0.25, 0.3) is 10.9 Å². The van der Waals surface area contributed by atoms with E-state index < -0.39 is 23.9 Å². The standard InChI is InChI=1S/C36H39F3N2O3/c1-2-5-31(25-10-14-27(15-11-25)35(44)40-19-18-33(42)43)34(26-12-8-24(9-13-26)23-6-3-4-7-23)29-20-28-16-17-30(36(37,38)39)21-32(28)41-22-29/h8-17,20-23,31,34-35,40,44H,2-7,18-19H2,1H3,(H,42,43). The van der Waals surface area contributed by atoms with E-state index in [0.29, 0.717) is 22.4 Å². The summed E-state index contributed by atoms with van der Waals surface area (Å²) in [6.45, 7) is 2.28. The highest BCUT2D eigenvalue weighted by atomic mass is 19.4. The Bertz CT molecular complexity index is 1550. The van der Waals surface area contributed by atoms with Gasteiger partial charge in [0.15, 0.2) is 0 Å². The van der Waals surface area contributed by atoms with Gasteiger partial charge in [-0.2, -0.15) is 13.2 Å². The number of hydrogen-bond acceptors (Lipinski definition) is 4. The van der Waals surface area contributed by atoms with E-state index in [1.807, 2.05) is 30.3 Å². The lowest BCUT2D eigenvalue weighted by Crippen LogP contribution is -2.23. The van der Waals surface area contributed by atoms with Crippen LogP contribution in [0.3, 0.4) is 0 Å². The molecule has 3 atom stereocenters. The number of pyridine rings is 1. The number of aromatic nitrogens is 1. The number of fused-ring (bicyclic) bond motifs is 1. The molecule has 3 aromatic carbocycles. The predicted octanol–water partition coefficient (Wildman–Crippen LogP) is 8.68. The Morgan fingerprint density at radius 3 is 2.23 bits per heavy atom. The van der Waals surface area contributed by atoms with Gasteiger partial charge in [0.25, 0.3) is 0 Å². The minimum Gasteiger partial charge on any atom is -0.481 e. The second kappa shape index (κ2) is 13.9. The van der Waals surface area contributed by atoms with Crippen molar-refractivity contribution in [1.29, 1.82) is 0 Å². The first-order valence-electron chi connectivity index (χ1n) is 15.4. The lowest BCUT2D eigenvalue weighted by Gasteiger charge is -2.29. The van der Waals surface area contributed by atoms with Crippen LogP contribution in [0.5, 0.6) is 0 Å². The number of aliphatic carboxylic acids is 1. The second-order valence-corrected chi connectivity index (χ2v) is 11.9. The zero-order chi connectivity index (χ0) is 31.3. The zero-order valence-electron chi connectivity index (χ0n) is 24.9. The highest BCUT2D eigenvalue weighted by molar-refractivity contribution is 5.80. The van der Waals surface area contributed by atoms with E-state index in [1.165, 1.54) is 37.3 Å². The molecule has 4 aromatic rings. The molecule has 1 aliphatic carbocycles. The van der Waals surface area contributed by atoms with Gasteiger partial charge in [0.1, 0.15) is 6.23 Å². The van der Waals surface area contributed by atoms with E-state index in [2.05, 4.69) is 41.5 Å². The fraction of sp³-hybridized carbons (Fsp3) is 0.389. The number of nitrogens with one attached hydrogen (secondary N) is 1. The Hall–Kier alpha value is -3.75. The van der Waals surface area contributed by atoms with E-state index in [4.69, 9.17) is 5.11 Å². The number of rotatable bonds is 12. The predicted molar refractivity (Wildman–Crippen MR) is 166 cm³/mol. The third-order valence-corrected chi connectivity index (χ3v) is 8.87. The van der Waals surface area contributed by atoms with Gasteiger partial charge >= 0.3 is 12.1 Å². The summed E-state index contributed by atoms with van der Waals surface area (Å²) in [7, 11) is 0. The molecule has 0 bridgehead atoms. The molecular weight excluding hydrogens is 565 g/mol. The molecule has 8 heteroatoms. The Morgan fingerprint density at radius 1 is 0.932 bits per heavy atom. The van der Waals surface area contributed by atoms with Crippen molar-refractivity contribution in [2.75, 3.05) is 6.54 Å². The lowest BCUT2D eigenvalue weighted by atomic mass is 9.75. The van der Waals surface area contributed by atoms with Crippen molar-refractivity contribution in [1.82, 2.24) is 10.3 Å². The van der Waals surface area contributed by atoms with Crippen molar-refractivity contribution < 1.29 is 28.2 Å². The molecule has 5 rings (SSSR count). The summed E-state index contributed by atoms with van der Waals surface area (Å²) >= 11 is 0. The number of benzene rings is 3. The Labute approximate surface area is 256 Å². The van der Waals surface area contributed by atoms with Gasteiger partial charge < -0.3 is 10.2 Å². The zero-order valence-corrected chi connectivity index (χ0v) is 24.9. The first-order valence-corrected chi connectivity index (χ1v) is 15.4. The smallest absolute Gasteiger partial charge is 0.416 e. The van der Waals surface area contributed by atoms with Crippen molar-refractivity contribution in [3.05, 3.63) is 112 Å². The normalized spacial score (nSPS) is 16.2. The molecule has 1 heterocycles. The van der Waals surface area contributed by atoms with Crippen LogP contribution in [0.2, 0.25) is 0 Å². The van der Waals surface area contributed by atoms with Crippen molar-refractivity contribution in [3.8, 4) is 0 Å². The quantitative estimate of drug-likeness (QED) is 0.141. The highest BCUT2D eigenvalue weighted by Crippen LogP contribution is 2.43. The summed E-state index contributed by atoms with van der Waals surface area (Å²) in [5.74, 6) is -0.413. The monoisotopic (exact) mass is 604 g/mol. The molecule has 1 saturated carbocycles. The number of carboxylic acid groups (broad SMARTS) is 1. The van der Waals surface area contributed by atoms with Crippen LogP contribution in [-0.2, 0) is 11.0 Å². The maximum atomic E-state index is 13.4. The Kier molecular flexibility index (Phi) is 10.0. The molecule has 0 radical (unpaired) electrons. The van der Waals surface area contributed by atoms with E-state index in [0.717, 1.165) is 41.7 Å². The van der Waals surface area contributed by atoms with Gasteiger partial charge in [0, 0.05) is 24.0 Å². The fourth-order valence-electron chi connectivity index (χ4n) is 6.57. The molecule has 232 valence electrons. The number of carbonyl (C=O) groups is 1. The van der Waals surface area contributed by atoms with Crippen molar-refractivity contribution in [3.63, 3.8) is 0 Å². The number of aliphatic hydroxyl groups excluding tert-OH is 1. The maximum absolute atomic E-state index is 13.4. The Morgan fingerprint density at radius 2 is 1.59 bits per heavy atom. The maximum Gasteiger partial charge on any atom is 0.416 e. The van der Waals surface area contributed by atoms with E-state index >= 15 is 0 Å². The minimum atomic E-state index is -4.43. The summed E-state index contributed by atoms with van der Waals surface area (Å²) in [6, 6.07) is 22.2.